The average molecular weight is 280 g/mol. The molecule has 0 radical (unpaired) electrons. The maximum atomic E-state index is 10.6. The predicted molar refractivity (Wildman–Crippen MR) is 80.4 cm³/mol. The van der Waals surface area contributed by atoms with E-state index in [1.54, 1.807) is 0 Å². The summed E-state index contributed by atoms with van der Waals surface area (Å²) in [6.07, 6.45) is 6.94. The van der Waals surface area contributed by atoms with Gasteiger partial charge in [0.2, 0.25) is 0 Å². The smallest absolute Gasteiger partial charge is 0.0691 e. The first kappa shape index (κ1) is 14.9. The number of aliphatic hydroxyl groups is 2. The predicted octanol–water partition coefficient (Wildman–Crippen LogP) is 3.62. The Bertz CT molecular complexity index is 360. The molecule has 0 spiro atoms. The number of aliphatic hydroxyl groups excluding tert-OH is 2. The molecule has 1 aliphatic rings. The molecule has 2 rings (SSSR count). The molecule has 0 amide bonds. The van der Waals surface area contributed by atoms with E-state index < -0.39 is 0 Å². The Balaban J connectivity index is 2.09. The van der Waals surface area contributed by atoms with Gasteiger partial charge in [-0.1, -0.05) is 37.5 Å². The van der Waals surface area contributed by atoms with E-state index in [0.29, 0.717) is 12.8 Å². The fraction of sp³-hybridized carbons (Fsp3) is 0.625. The van der Waals surface area contributed by atoms with Crippen LogP contribution in [0.3, 0.4) is 0 Å². The third-order valence-corrected chi connectivity index (χ3v) is 5.60. The maximum Gasteiger partial charge on any atom is 0.0691 e. The lowest BCUT2D eigenvalue weighted by Gasteiger charge is -2.40. The van der Waals surface area contributed by atoms with Crippen LogP contribution in [0.1, 0.15) is 44.9 Å². The van der Waals surface area contributed by atoms with Gasteiger partial charge < -0.3 is 10.2 Å². The van der Waals surface area contributed by atoms with Crippen molar-refractivity contribution >= 4 is 11.8 Å². The molecule has 2 N–H and O–H groups in total. The largest absolute Gasteiger partial charge is 0.396 e. The van der Waals surface area contributed by atoms with Gasteiger partial charge in [-0.3, -0.25) is 0 Å². The van der Waals surface area contributed by atoms with E-state index in [4.69, 9.17) is 5.11 Å². The molecule has 1 atom stereocenters. The molecule has 0 bridgehead atoms. The summed E-state index contributed by atoms with van der Waals surface area (Å²) >= 11 is 1.84. The van der Waals surface area contributed by atoms with Gasteiger partial charge >= 0.3 is 0 Å². The van der Waals surface area contributed by atoms with Gasteiger partial charge in [0.1, 0.15) is 0 Å². The second-order valence-corrected chi connectivity index (χ2v) is 6.91. The summed E-state index contributed by atoms with van der Waals surface area (Å²) in [5, 5.41) is 19.6. The highest BCUT2D eigenvalue weighted by atomic mass is 32.2. The summed E-state index contributed by atoms with van der Waals surface area (Å²) in [4.78, 5) is 1.24. The summed E-state index contributed by atoms with van der Waals surface area (Å²) in [7, 11) is 0. The zero-order valence-corrected chi connectivity index (χ0v) is 12.2. The van der Waals surface area contributed by atoms with Gasteiger partial charge in [-0.2, -0.15) is 0 Å². The summed E-state index contributed by atoms with van der Waals surface area (Å²) in [6, 6.07) is 10.4. The van der Waals surface area contributed by atoms with E-state index in [2.05, 4.69) is 24.3 Å². The van der Waals surface area contributed by atoms with Crippen LogP contribution in [0, 0.1) is 0 Å². The van der Waals surface area contributed by atoms with Crippen molar-refractivity contribution in [3.63, 3.8) is 0 Å². The van der Waals surface area contributed by atoms with Crippen molar-refractivity contribution in [1.29, 1.82) is 0 Å². The minimum atomic E-state index is -0.315. The zero-order chi connectivity index (χ0) is 13.6. The molecule has 106 valence electrons. The lowest BCUT2D eigenvalue weighted by molar-refractivity contribution is 0.0903. The molecule has 1 saturated carbocycles. The van der Waals surface area contributed by atoms with Crippen LogP contribution in [-0.4, -0.2) is 27.7 Å². The highest BCUT2D eigenvalue weighted by molar-refractivity contribution is 8.00. The SMILES string of the molecule is OCCCC(O)C1(Sc2ccccc2)CCCCC1. The number of hydrogen-bond acceptors (Lipinski definition) is 3. The van der Waals surface area contributed by atoms with Crippen LogP contribution in [0.2, 0.25) is 0 Å². The van der Waals surface area contributed by atoms with Crippen molar-refractivity contribution in [2.75, 3.05) is 6.61 Å². The maximum absolute atomic E-state index is 10.6. The van der Waals surface area contributed by atoms with Crippen molar-refractivity contribution in [3.05, 3.63) is 30.3 Å². The normalized spacial score (nSPS) is 20.1. The Morgan fingerprint density at radius 1 is 1.11 bits per heavy atom. The molecule has 2 nitrogen and oxygen atoms in total. The standard InChI is InChI=1S/C16H24O2S/c17-13-7-10-15(18)16(11-5-2-6-12-16)19-14-8-3-1-4-9-14/h1,3-4,8-9,15,17-18H,2,5-7,10-13H2. The van der Waals surface area contributed by atoms with Crippen LogP contribution in [0.5, 0.6) is 0 Å². The van der Waals surface area contributed by atoms with Gasteiger partial charge in [0, 0.05) is 16.2 Å². The first-order valence-electron chi connectivity index (χ1n) is 7.30. The average Bonchev–Trinajstić information content (AvgIpc) is 2.46. The van der Waals surface area contributed by atoms with Gasteiger partial charge in [0.15, 0.2) is 0 Å². The van der Waals surface area contributed by atoms with Crippen molar-refractivity contribution in [1.82, 2.24) is 0 Å². The molecule has 3 heteroatoms. The highest BCUT2D eigenvalue weighted by Crippen LogP contribution is 2.47. The molecule has 0 saturated heterocycles. The molecule has 19 heavy (non-hydrogen) atoms. The third-order valence-electron chi connectivity index (χ3n) is 4.01. The minimum Gasteiger partial charge on any atom is -0.396 e. The van der Waals surface area contributed by atoms with E-state index >= 15 is 0 Å². The summed E-state index contributed by atoms with van der Waals surface area (Å²) < 4.78 is -0.0469. The quantitative estimate of drug-likeness (QED) is 0.836. The second-order valence-electron chi connectivity index (χ2n) is 5.42. The van der Waals surface area contributed by atoms with Crippen molar-refractivity contribution in [2.24, 2.45) is 0 Å². The Labute approximate surface area is 120 Å². The molecule has 1 aromatic carbocycles. The van der Waals surface area contributed by atoms with E-state index in [0.717, 1.165) is 12.8 Å². The van der Waals surface area contributed by atoms with E-state index in [1.165, 1.54) is 24.2 Å². The molecule has 1 aliphatic carbocycles. The van der Waals surface area contributed by atoms with Gasteiger partial charge in [-0.25, -0.2) is 0 Å². The van der Waals surface area contributed by atoms with Crippen LogP contribution < -0.4 is 0 Å². The molecular weight excluding hydrogens is 256 g/mol. The second kappa shape index (κ2) is 7.32. The van der Waals surface area contributed by atoms with Crippen LogP contribution in [0.4, 0.5) is 0 Å². The highest BCUT2D eigenvalue weighted by Gasteiger charge is 2.39. The van der Waals surface area contributed by atoms with Crippen LogP contribution >= 0.6 is 11.8 Å². The number of rotatable bonds is 6. The molecule has 0 heterocycles. The fourth-order valence-electron chi connectivity index (χ4n) is 2.92. The van der Waals surface area contributed by atoms with Gasteiger partial charge in [-0.05, 0) is 37.8 Å². The van der Waals surface area contributed by atoms with Gasteiger partial charge in [0.05, 0.1) is 6.10 Å². The van der Waals surface area contributed by atoms with E-state index in [-0.39, 0.29) is 17.5 Å². The van der Waals surface area contributed by atoms with Gasteiger partial charge in [-0.15, -0.1) is 11.8 Å². The van der Waals surface area contributed by atoms with Crippen molar-refractivity contribution in [2.45, 2.75) is 60.7 Å². The molecule has 1 unspecified atom stereocenters. The van der Waals surface area contributed by atoms with Crippen molar-refractivity contribution in [3.8, 4) is 0 Å². The molecule has 1 aromatic rings. The third kappa shape index (κ3) is 3.98. The molecule has 1 fully saturated rings. The molecular formula is C16H24O2S. The Hall–Kier alpha value is -0.510. The van der Waals surface area contributed by atoms with Gasteiger partial charge in [0.25, 0.3) is 0 Å². The first-order chi connectivity index (χ1) is 9.27. The van der Waals surface area contributed by atoms with E-state index in [9.17, 15) is 5.11 Å². The zero-order valence-electron chi connectivity index (χ0n) is 11.4. The summed E-state index contributed by atoms with van der Waals surface area (Å²) in [5.74, 6) is 0. The number of benzene rings is 1. The summed E-state index contributed by atoms with van der Waals surface area (Å²) in [5.41, 5.74) is 0. The van der Waals surface area contributed by atoms with Crippen LogP contribution in [0.15, 0.2) is 35.2 Å². The fourth-order valence-corrected chi connectivity index (χ4v) is 4.43. The Morgan fingerprint density at radius 2 is 1.79 bits per heavy atom. The minimum absolute atomic E-state index is 0.0469. The first-order valence-corrected chi connectivity index (χ1v) is 8.11. The summed E-state index contributed by atoms with van der Waals surface area (Å²) in [6.45, 7) is 0.170. The van der Waals surface area contributed by atoms with Crippen molar-refractivity contribution < 1.29 is 10.2 Å². The number of hydrogen-bond donors (Lipinski definition) is 2. The van der Waals surface area contributed by atoms with E-state index in [1.807, 2.05) is 17.8 Å². The van der Waals surface area contributed by atoms with Crippen LogP contribution in [0.25, 0.3) is 0 Å². The Kier molecular flexibility index (Phi) is 5.74. The number of thioether (sulfide) groups is 1. The monoisotopic (exact) mass is 280 g/mol. The lowest BCUT2D eigenvalue weighted by atomic mass is 9.82. The Morgan fingerprint density at radius 3 is 2.42 bits per heavy atom. The molecule has 0 aromatic heterocycles. The lowest BCUT2D eigenvalue weighted by Crippen LogP contribution is -2.41. The van der Waals surface area contributed by atoms with Crippen LogP contribution in [-0.2, 0) is 0 Å². The molecule has 0 aliphatic heterocycles. The topological polar surface area (TPSA) is 40.5 Å².